The quantitative estimate of drug-likeness (QED) is 0.842. The molecular weight excluding hydrogens is 246 g/mol. The molecule has 0 saturated carbocycles. The van der Waals surface area contributed by atoms with E-state index in [9.17, 15) is 4.79 Å². The average Bonchev–Trinajstić information content (AvgIpc) is 2.02. The van der Waals surface area contributed by atoms with Crippen LogP contribution in [-0.2, 0) is 5.41 Å². The molecular formula is C10H14BrNO2. The van der Waals surface area contributed by atoms with E-state index in [1.807, 2.05) is 20.8 Å². The number of ether oxygens (including phenoxy) is 1. The molecule has 3 nitrogen and oxygen atoms in total. The first-order valence-electron chi connectivity index (χ1n) is 4.33. The van der Waals surface area contributed by atoms with Crippen LogP contribution < -0.4 is 10.3 Å². The molecule has 78 valence electrons. The Labute approximate surface area is 91.6 Å². The molecule has 4 heteroatoms. The van der Waals surface area contributed by atoms with Crippen LogP contribution in [0.3, 0.4) is 0 Å². The van der Waals surface area contributed by atoms with Crippen LogP contribution in [0.15, 0.2) is 15.5 Å². The Morgan fingerprint density at radius 3 is 2.43 bits per heavy atom. The summed E-state index contributed by atoms with van der Waals surface area (Å²) < 4.78 is 5.85. The lowest BCUT2D eigenvalue weighted by atomic mass is 9.88. The summed E-state index contributed by atoms with van der Waals surface area (Å²) in [6.45, 7) is 5.96. The molecule has 0 unspecified atom stereocenters. The number of rotatable bonds is 1. The third kappa shape index (κ3) is 2.00. The Bertz CT molecular complexity index is 390. The molecule has 1 aromatic heterocycles. The van der Waals surface area contributed by atoms with Crippen molar-refractivity contribution in [3.05, 3.63) is 26.6 Å². The minimum atomic E-state index is -0.207. The normalized spacial score (nSPS) is 11.5. The van der Waals surface area contributed by atoms with Gasteiger partial charge in [0.25, 0.3) is 5.56 Å². The number of hydrogen-bond acceptors (Lipinski definition) is 2. The molecule has 0 aliphatic heterocycles. The monoisotopic (exact) mass is 259 g/mol. The summed E-state index contributed by atoms with van der Waals surface area (Å²) in [4.78, 5) is 14.3. The standard InChI is InChI=1S/C10H14BrNO2/c1-10(2,3)7-8(11)6(14-4)5-12-9(7)13/h5H,1-4H3,(H,12,13). The highest BCUT2D eigenvalue weighted by atomic mass is 79.9. The summed E-state index contributed by atoms with van der Waals surface area (Å²) in [5.41, 5.74) is 0.419. The van der Waals surface area contributed by atoms with Gasteiger partial charge in [0, 0.05) is 11.8 Å². The topological polar surface area (TPSA) is 42.1 Å². The van der Waals surface area contributed by atoms with E-state index in [-0.39, 0.29) is 11.0 Å². The van der Waals surface area contributed by atoms with Gasteiger partial charge < -0.3 is 9.72 Å². The zero-order chi connectivity index (χ0) is 10.9. The van der Waals surface area contributed by atoms with Gasteiger partial charge in [0.2, 0.25) is 0 Å². The van der Waals surface area contributed by atoms with Crippen molar-refractivity contribution >= 4 is 15.9 Å². The molecule has 0 aliphatic rings. The van der Waals surface area contributed by atoms with E-state index >= 15 is 0 Å². The van der Waals surface area contributed by atoms with Crippen molar-refractivity contribution < 1.29 is 4.74 Å². The molecule has 0 radical (unpaired) electrons. The highest BCUT2D eigenvalue weighted by Crippen LogP contribution is 2.32. The number of nitrogens with one attached hydrogen (secondary N) is 1. The smallest absolute Gasteiger partial charge is 0.253 e. The second-order valence-electron chi connectivity index (χ2n) is 4.13. The lowest BCUT2D eigenvalue weighted by molar-refractivity contribution is 0.406. The number of hydrogen-bond donors (Lipinski definition) is 1. The second-order valence-corrected chi connectivity index (χ2v) is 4.92. The zero-order valence-electron chi connectivity index (χ0n) is 8.77. The number of pyridine rings is 1. The third-order valence-corrected chi connectivity index (χ3v) is 2.75. The summed E-state index contributed by atoms with van der Waals surface area (Å²) in [5.74, 6) is 0.648. The highest BCUT2D eigenvalue weighted by molar-refractivity contribution is 9.10. The Morgan fingerprint density at radius 2 is 2.00 bits per heavy atom. The number of aromatic amines is 1. The fraction of sp³-hybridized carbons (Fsp3) is 0.500. The predicted octanol–water partition coefficient (Wildman–Crippen LogP) is 2.44. The SMILES string of the molecule is COc1c[nH]c(=O)c(C(C)(C)C)c1Br. The van der Waals surface area contributed by atoms with Crippen LogP contribution in [0.25, 0.3) is 0 Å². The summed E-state index contributed by atoms with van der Waals surface area (Å²) in [6.07, 6.45) is 1.56. The third-order valence-electron chi connectivity index (χ3n) is 1.97. The molecule has 0 atom stereocenters. The van der Waals surface area contributed by atoms with Crippen molar-refractivity contribution in [3.8, 4) is 5.75 Å². The van der Waals surface area contributed by atoms with Crippen molar-refractivity contribution in [3.63, 3.8) is 0 Å². The van der Waals surface area contributed by atoms with Crippen LogP contribution in [0.1, 0.15) is 26.3 Å². The first kappa shape index (κ1) is 11.3. The van der Waals surface area contributed by atoms with Gasteiger partial charge in [-0.05, 0) is 21.3 Å². The summed E-state index contributed by atoms with van der Waals surface area (Å²) >= 11 is 3.38. The van der Waals surface area contributed by atoms with E-state index in [0.29, 0.717) is 11.3 Å². The molecule has 0 bridgehead atoms. The molecule has 0 aliphatic carbocycles. The fourth-order valence-corrected chi connectivity index (χ4v) is 2.36. The van der Waals surface area contributed by atoms with Gasteiger partial charge in [-0.15, -0.1) is 0 Å². The predicted molar refractivity (Wildman–Crippen MR) is 60.0 cm³/mol. The van der Waals surface area contributed by atoms with Crippen molar-refractivity contribution in [1.82, 2.24) is 4.98 Å². The van der Waals surface area contributed by atoms with Crippen molar-refractivity contribution in [2.24, 2.45) is 0 Å². The lowest BCUT2D eigenvalue weighted by Gasteiger charge is -2.20. The number of methoxy groups -OCH3 is 1. The molecule has 1 rings (SSSR count). The Balaban J connectivity index is 3.49. The van der Waals surface area contributed by atoms with Gasteiger partial charge in [0.1, 0.15) is 5.75 Å². The van der Waals surface area contributed by atoms with Gasteiger partial charge in [0.05, 0.1) is 11.6 Å². The van der Waals surface area contributed by atoms with E-state index in [1.54, 1.807) is 13.3 Å². The van der Waals surface area contributed by atoms with Gasteiger partial charge in [0.15, 0.2) is 0 Å². The van der Waals surface area contributed by atoms with Crippen LogP contribution in [0.2, 0.25) is 0 Å². The number of H-pyrrole nitrogens is 1. The maximum Gasteiger partial charge on any atom is 0.253 e. The van der Waals surface area contributed by atoms with Crippen LogP contribution in [0.4, 0.5) is 0 Å². The van der Waals surface area contributed by atoms with Gasteiger partial charge in [-0.1, -0.05) is 20.8 Å². The Kier molecular flexibility index (Phi) is 3.04. The second kappa shape index (κ2) is 3.77. The van der Waals surface area contributed by atoms with E-state index < -0.39 is 0 Å². The fourth-order valence-electron chi connectivity index (χ4n) is 1.31. The minimum absolute atomic E-state index is 0.0785. The Morgan fingerprint density at radius 1 is 1.43 bits per heavy atom. The van der Waals surface area contributed by atoms with Crippen molar-refractivity contribution in [1.29, 1.82) is 0 Å². The molecule has 0 amide bonds. The summed E-state index contributed by atoms with van der Waals surface area (Å²) in [5, 5.41) is 0. The van der Waals surface area contributed by atoms with E-state index in [4.69, 9.17) is 4.74 Å². The van der Waals surface area contributed by atoms with Crippen molar-refractivity contribution in [2.75, 3.05) is 7.11 Å². The van der Waals surface area contributed by atoms with Crippen molar-refractivity contribution in [2.45, 2.75) is 26.2 Å². The van der Waals surface area contributed by atoms with Crippen LogP contribution in [0.5, 0.6) is 5.75 Å². The molecule has 0 fully saturated rings. The summed E-state index contributed by atoms with van der Waals surface area (Å²) in [7, 11) is 1.57. The van der Waals surface area contributed by atoms with Gasteiger partial charge >= 0.3 is 0 Å². The number of halogens is 1. The first-order chi connectivity index (χ1) is 6.38. The molecule has 0 spiro atoms. The Hall–Kier alpha value is -0.770. The van der Waals surface area contributed by atoms with E-state index in [0.717, 1.165) is 4.47 Å². The molecule has 1 N–H and O–H groups in total. The maximum absolute atomic E-state index is 11.6. The van der Waals surface area contributed by atoms with Crippen LogP contribution >= 0.6 is 15.9 Å². The first-order valence-corrected chi connectivity index (χ1v) is 5.13. The van der Waals surface area contributed by atoms with Gasteiger partial charge in [-0.3, -0.25) is 4.79 Å². The van der Waals surface area contributed by atoms with Crippen LogP contribution in [0, 0.1) is 0 Å². The van der Waals surface area contributed by atoms with Gasteiger partial charge in [-0.2, -0.15) is 0 Å². The van der Waals surface area contributed by atoms with Crippen LogP contribution in [-0.4, -0.2) is 12.1 Å². The molecule has 14 heavy (non-hydrogen) atoms. The highest BCUT2D eigenvalue weighted by Gasteiger charge is 2.23. The summed E-state index contributed by atoms with van der Waals surface area (Å²) in [6, 6.07) is 0. The maximum atomic E-state index is 11.6. The average molecular weight is 260 g/mol. The molecule has 1 aromatic rings. The van der Waals surface area contributed by atoms with E-state index in [2.05, 4.69) is 20.9 Å². The molecule has 0 aromatic carbocycles. The minimum Gasteiger partial charge on any atom is -0.494 e. The zero-order valence-corrected chi connectivity index (χ0v) is 10.4. The number of aromatic nitrogens is 1. The molecule has 0 saturated heterocycles. The largest absolute Gasteiger partial charge is 0.494 e. The van der Waals surface area contributed by atoms with Gasteiger partial charge in [-0.25, -0.2) is 0 Å². The van der Waals surface area contributed by atoms with E-state index in [1.165, 1.54) is 0 Å². The molecule has 1 heterocycles. The lowest BCUT2D eigenvalue weighted by Crippen LogP contribution is -2.25.